The van der Waals surface area contributed by atoms with Gasteiger partial charge in [-0.1, -0.05) is 48.3 Å². The summed E-state index contributed by atoms with van der Waals surface area (Å²) < 4.78 is 0. The zero-order valence-electron chi connectivity index (χ0n) is 12.7. The van der Waals surface area contributed by atoms with Crippen molar-refractivity contribution in [3.63, 3.8) is 0 Å². The lowest BCUT2D eigenvalue weighted by Gasteiger charge is -2.21. The lowest BCUT2D eigenvalue weighted by atomic mass is 9.95. The lowest BCUT2D eigenvalue weighted by molar-refractivity contribution is 0.547. The molecule has 3 heteroatoms. The Hall–Kier alpha value is -1.02. The Morgan fingerprint density at radius 3 is 2.43 bits per heavy atom. The second-order valence-electron chi connectivity index (χ2n) is 5.41. The molecule has 0 heterocycles. The van der Waals surface area contributed by atoms with Gasteiger partial charge < -0.3 is 5.32 Å². The Morgan fingerprint density at radius 1 is 1.05 bits per heavy atom. The van der Waals surface area contributed by atoms with Crippen LogP contribution in [0.15, 0.2) is 36.4 Å². The molecule has 0 spiro atoms. The maximum absolute atomic E-state index is 6.38. The van der Waals surface area contributed by atoms with Crippen LogP contribution in [0, 0.1) is 13.8 Å². The molecular formula is C18H21Cl2N. The Morgan fingerprint density at radius 2 is 1.81 bits per heavy atom. The van der Waals surface area contributed by atoms with Gasteiger partial charge in [0.1, 0.15) is 0 Å². The van der Waals surface area contributed by atoms with Crippen LogP contribution >= 0.6 is 23.2 Å². The minimum Gasteiger partial charge on any atom is -0.310 e. The molecule has 2 aromatic carbocycles. The Bertz CT molecular complexity index is 623. The highest BCUT2D eigenvalue weighted by Gasteiger charge is 2.15. The van der Waals surface area contributed by atoms with Crippen LogP contribution in [0.5, 0.6) is 0 Å². The quantitative estimate of drug-likeness (QED) is 0.766. The Labute approximate surface area is 137 Å². The molecule has 0 fully saturated rings. The molecule has 1 N–H and O–H groups in total. The largest absolute Gasteiger partial charge is 0.310 e. The average molecular weight is 322 g/mol. The summed E-state index contributed by atoms with van der Waals surface area (Å²) in [5.41, 5.74) is 4.84. The number of nitrogens with one attached hydrogen (secondary N) is 1. The van der Waals surface area contributed by atoms with Crippen LogP contribution in [0.3, 0.4) is 0 Å². The SMILES string of the molecule is CCNC(Cc1ccc(C)cc1Cl)c1ccc(Cl)cc1C. The van der Waals surface area contributed by atoms with Crippen molar-refractivity contribution >= 4 is 23.2 Å². The monoisotopic (exact) mass is 321 g/mol. The standard InChI is InChI=1S/C18H21Cl2N/c1-4-21-18(16-8-7-15(19)10-13(16)3)11-14-6-5-12(2)9-17(14)20/h5-10,18,21H,4,11H2,1-3H3. The van der Waals surface area contributed by atoms with Crippen LogP contribution in [0.4, 0.5) is 0 Å². The van der Waals surface area contributed by atoms with Crippen molar-refractivity contribution in [2.24, 2.45) is 0 Å². The molecular weight excluding hydrogens is 301 g/mol. The van der Waals surface area contributed by atoms with Gasteiger partial charge >= 0.3 is 0 Å². The topological polar surface area (TPSA) is 12.0 Å². The van der Waals surface area contributed by atoms with E-state index >= 15 is 0 Å². The molecule has 2 aromatic rings. The van der Waals surface area contributed by atoms with Crippen LogP contribution in [-0.2, 0) is 6.42 Å². The van der Waals surface area contributed by atoms with Crippen molar-refractivity contribution in [3.05, 3.63) is 68.7 Å². The number of aryl methyl sites for hydroxylation is 2. The van der Waals surface area contributed by atoms with Crippen LogP contribution in [-0.4, -0.2) is 6.54 Å². The van der Waals surface area contributed by atoms with Gasteiger partial charge in [0.2, 0.25) is 0 Å². The van der Waals surface area contributed by atoms with Crippen molar-refractivity contribution in [2.75, 3.05) is 6.54 Å². The number of likely N-dealkylation sites (N-methyl/N-ethyl adjacent to an activating group) is 1. The highest BCUT2D eigenvalue weighted by molar-refractivity contribution is 6.31. The smallest absolute Gasteiger partial charge is 0.0441 e. The summed E-state index contributed by atoms with van der Waals surface area (Å²) in [5.74, 6) is 0. The lowest BCUT2D eigenvalue weighted by Crippen LogP contribution is -2.23. The summed E-state index contributed by atoms with van der Waals surface area (Å²) >= 11 is 12.4. The predicted molar refractivity (Wildman–Crippen MR) is 92.5 cm³/mol. The molecule has 0 saturated carbocycles. The Balaban J connectivity index is 2.30. The summed E-state index contributed by atoms with van der Waals surface area (Å²) in [4.78, 5) is 0. The molecule has 112 valence electrons. The van der Waals surface area contributed by atoms with Crippen molar-refractivity contribution in [1.29, 1.82) is 0 Å². The minimum atomic E-state index is 0.243. The van der Waals surface area contributed by atoms with E-state index in [1.807, 2.05) is 18.2 Å². The summed E-state index contributed by atoms with van der Waals surface area (Å²) in [7, 11) is 0. The average Bonchev–Trinajstić information content (AvgIpc) is 2.41. The number of hydrogen-bond donors (Lipinski definition) is 1. The maximum Gasteiger partial charge on any atom is 0.0441 e. The summed E-state index contributed by atoms with van der Waals surface area (Å²) in [6, 6.07) is 12.6. The zero-order valence-corrected chi connectivity index (χ0v) is 14.2. The highest BCUT2D eigenvalue weighted by Crippen LogP contribution is 2.27. The Kier molecular flexibility index (Phi) is 5.69. The summed E-state index contributed by atoms with van der Waals surface area (Å²) in [6.45, 7) is 7.19. The van der Waals surface area contributed by atoms with E-state index < -0.39 is 0 Å². The molecule has 0 bridgehead atoms. The van der Waals surface area contributed by atoms with Gasteiger partial charge in [0.25, 0.3) is 0 Å². The second kappa shape index (κ2) is 7.31. The molecule has 0 aliphatic carbocycles. The zero-order chi connectivity index (χ0) is 15.4. The van der Waals surface area contributed by atoms with Crippen LogP contribution in [0.2, 0.25) is 10.0 Å². The predicted octanol–water partition coefficient (Wildman–Crippen LogP) is 5.50. The van der Waals surface area contributed by atoms with E-state index in [0.717, 1.165) is 23.0 Å². The normalized spacial score (nSPS) is 12.4. The number of benzene rings is 2. The van der Waals surface area contributed by atoms with Gasteiger partial charge in [-0.05, 0) is 67.3 Å². The van der Waals surface area contributed by atoms with Crippen molar-refractivity contribution in [2.45, 2.75) is 33.2 Å². The first kappa shape index (κ1) is 16.4. The van der Waals surface area contributed by atoms with Gasteiger partial charge in [-0.25, -0.2) is 0 Å². The fourth-order valence-corrected chi connectivity index (χ4v) is 3.15. The molecule has 2 rings (SSSR count). The third-order valence-corrected chi connectivity index (χ3v) is 4.28. The molecule has 0 aromatic heterocycles. The first-order valence-corrected chi connectivity index (χ1v) is 8.01. The summed E-state index contributed by atoms with van der Waals surface area (Å²) in [5, 5.41) is 5.16. The van der Waals surface area contributed by atoms with E-state index in [9.17, 15) is 0 Å². The van der Waals surface area contributed by atoms with Gasteiger partial charge in [0, 0.05) is 16.1 Å². The van der Waals surface area contributed by atoms with Gasteiger partial charge in [-0.15, -0.1) is 0 Å². The van der Waals surface area contributed by atoms with Crippen molar-refractivity contribution in [1.82, 2.24) is 5.32 Å². The second-order valence-corrected chi connectivity index (χ2v) is 6.25. The molecule has 1 nitrogen and oxygen atoms in total. The number of halogens is 2. The van der Waals surface area contributed by atoms with Gasteiger partial charge in [0.05, 0.1) is 0 Å². The number of hydrogen-bond acceptors (Lipinski definition) is 1. The number of rotatable bonds is 5. The van der Waals surface area contributed by atoms with E-state index in [1.54, 1.807) is 0 Å². The van der Waals surface area contributed by atoms with Crippen molar-refractivity contribution < 1.29 is 0 Å². The minimum absolute atomic E-state index is 0.243. The van der Waals surface area contributed by atoms with Crippen LogP contribution < -0.4 is 5.32 Å². The molecule has 0 radical (unpaired) electrons. The molecule has 0 saturated heterocycles. The van der Waals surface area contributed by atoms with Crippen LogP contribution in [0.1, 0.15) is 35.2 Å². The van der Waals surface area contributed by atoms with E-state index in [2.05, 4.69) is 44.3 Å². The molecule has 21 heavy (non-hydrogen) atoms. The van der Waals surface area contributed by atoms with E-state index in [1.165, 1.54) is 22.3 Å². The molecule has 0 amide bonds. The fourth-order valence-electron chi connectivity index (χ4n) is 2.61. The van der Waals surface area contributed by atoms with E-state index in [-0.39, 0.29) is 6.04 Å². The third-order valence-electron chi connectivity index (χ3n) is 3.69. The maximum atomic E-state index is 6.38. The van der Waals surface area contributed by atoms with Crippen LogP contribution in [0.25, 0.3) is 0 Å². The van der Waals surface area contributed by atoms with E-state index in [0.29, 0.717) is 0 Å². The molecule has 0 aliphatic rings. The highest BCUT2D eigenvalue weighted by atomic mass is 35.5. The molecule has 1 atom stereocenters. The van der Waals surface area contributed by atoms with Gasteiger partial charge in [0.15, 0.2) is 0 Å². The first-order valence-electron chi connectivity index (χ1n) is 7.25. The molecule has 1 unspecified atom stereocenters. The fraction of sp³-hybridized carbons (Fsp3) is 0.333. The first-order chi connectivity index (χ1) is 10.0. The third kappa shape index (κ3) is 4.23. The van der Waals surface area contributed by atoms with Gasteiger partial charge in [-0.2, -0.15) is 0 Å². The summed E-state index contributed by atoms with van der Waals surface area (Å²) in [6.07, 6.45) is 0.870. The van der Waals surface area contributed by atoms with Gasteiger partial charge in [-0.3, -0.25) is 0 Å². The molecule has 0 aliphatic heterocycles. The van der Waals surface area contributed by atoms with E-state index in [4.69, 9.17) is 23.2 Å². The van der Waals surface area contributed by atoms with Crippen molar-refractivity contribution in [3.8, 4) is 0 Å².